The highest BCUT2D eigenvalue weighted by Gasteiger charge is 2.13. The molecular formula is C12H19N3O2. The minimum absolute atomic E-state index is 0.256. The summed E-state index contributed by atoms with van der Waals surface area (Å²) in [5.41, 5.74) is 0.977. The molecule has 0 bridgehead atoms. The summed E-state index contributed by atoms with van der Waals surface area (Å²) in [6.07, 6.45) is 1.62. The third kappa shape index (κ3) is 3.71. The van der Waals surface area contributed by atoms with Crippen molar-refractivity contribution >= 4 is 11.8 Å². The molecule has 1 aromatic heterocycles. The Balaban J connectivity index is 2.71. The Morgan fingerprint density at radius 3 is 2.88 bits per heavy atom. The normalized spacial score (nSPS) is 10.6. The molecule has 0 radical (unpaired) electrons. The first-order valence-corrected chi connectivity index (χ1v) is 5.67. The van der Waals surface area contributed by atoms with Gasteiger partial charge in [0, 0.05) is 19.3 Å². The van der Waals surface area contributed by atoms with Crippen LogP contribution in [0.15, 0.2) is 12.3 Å². The van der Waals surface area contributed by atoms with Gasteiger partial charge in [0.05, 0.1) is 0 Å². The van der Waals surface area contributed by atoms with Gasteiger partial charge in [0.15, 0.2) is 0 Å². The number of hydrogen-bond acceptors (Lipinski definition) is 4. The summed E-state index contributed by atoms with van der Waals surface area (Å²) in [6.45, 7) is 6.35. The average molecular weight is 237 g/mol. The number of aromatic nitrogens is 1. The number of nitrogens with one attached hydrogen (secondary N) is 1. The van der Waals surface area contributed by atoms with Crippen molar-refractivity contribution in [2.24, 2.45) is 0 Å². The summed E-state index contributed by atoms with van der Waals surface area (Å²) in [6, 6.07) is 1.70. The third-order valence-electron chi connectivity index (χ3n) is 2.70. The second-order valence-corrected chi connectivity index (χ2v) is 3.98. The summed E-state index contributed by atoms with van der Waals surface area (Å²) in [5, 5.41) is 12.2. The van der Waals surface area contributed by atoms with E-state index in [4.69, 9.17) is 5.11 Å². The van der Waals surface area contributed by atoms with Crippen LogP contribution in [-0.2, 0) is 0 Å². The molecule has 1 rings (SSSR count). The SMILES string of the molecule is CCN(C)CCNc1nccc(C)c1C(=O)O. The molecule has 0 aromatic carbocycles. The molecule has 0 aliphatic rings. The second kappa shape index (κ2) is 6.20. The fourth-order valence-corrected chi connectivity index (χ4v) is 1.49. The van der Waals surface area contributed by atoms with Crippen LogP contribution in [0, 0.1) is 6.92 Å². The smallest absolute Gasteiger partial charge is 0.339 e. The zero-order chi connectivity index (χ0) is 12.8. The van der Waals surface area contributed by atoms with E-state index >= 15 is 0 Å². The number of hydrogen-bond donors (Lipinski definition) is 2. The van der Waals surface area contributed by atoms with Crippen molar-refractivity contribution in [2.45, 2.75) is 13.8 Å². The van der Waals surface area contributed by atoms with Crippen LogP contribution in [0.3, 0.4) is 0 Å². The Kier molecular flexibility index (Phi) is 4.90. The van der Waals surface area contributed by atoms with Crippen LogP contribution in [0.25, 0.3) is 0 Å². The lowest BCUT2D eigenvalue weighted by Gasteiger charge is -2.15. The minimum atomic E-state index is -0.943. The van der Waals surface area contributed by atoms with E-state index in [1.54, 1.807) is 19.2 Å². The van der Waals surface area contributed by atoms with E-state index in [2.05, 4.69) is 22.1 Å². The Labute approximate surface area is 101 Å². The molecule has 1 aromatic rings. The number of aromatic carboxylic acids is 1. The van der Waals surface area contributed by atoms with Gasteiger partial charge in [0.1, 0.15) is 11.4 Å². The lowest BCUT2D eigenvalue weighted by molar-refractivity contribution is 0.0697. The van der Waals surface area contributed by atoms with Crippen molar-refractivity contribution in [1.82, 2.24) is 9.88 Å². The predicted molar refractivity (Wildman–Crippen MR) is 67.6 cm³/mol. The van der Waals surface area contributed by atoms with Gasteiger partial charge < -0.3 is 15.3 Å². The van der Waals surface area contributed by atoms with Gasteiger partial charge in [-0.2, -0.15) is 0 Å². The first-order chi connectivity index (χ1) is 8.06. The molecule has 0 aliphatic heterocycles. The van der Waals surface area contributed by atoms with Crippen molar-refractivity contribution < 1.29 is 9.90 Å². The number of carbonyl (C=O) groups is 1. The largest absolute Gasteiger partial charge is 0.478 e. The van der Waals surface area contributed by atoms with Crippen LogP contribution in [0.2, 0.25) is 0 Å². The molecule has 94 valence electrons. The van der Waals surface area contributed by atoms with Gasteiger partial charge in [0.2, 0.25) is 0 Å². The molecule has 0 atom stereocenters. The Morgan fingerprint density at radius 2 is 2.29 bits per heavy atom. The maximum absolute atomic E-state index is 11.1. The van der Waals surface area contributed by atoms with Crippen molar-refractivity contribution in [2.75, 3.05) is 32.0 Å². The highest BCUT2D eigenvalue weighted by atomic mass is 16.4. The molecule has 0 spiro atoms. The first-order valence-electron chi connectivity index (χ1n) is 5.67. The highest BCUT2D eigenvalue weighted by Crippen LogP contribution is 2.16. The summed E-state index contributed by atoms with van der Waals surface area (Å²) in [5.74, 6) is -0.496. The molecule has 17 heavy (non-hydrogen) atoms. The van der Waals surface area contributed by atoms with E-state index in [9.17, 15) is 4.79 Å². The quantitative estimate of drug-likeness (QED) is 0.784. The fraction of sp³-hybridized carbons (Fsp3) is 0.500. The monoisotopic (exact) mass is 237 g/mol. The maximum Gasteiger partial charge on any atom is 0.339 e. The number of aryl methyl sites for hydroxylation is 1. The second-order valence-electron chi connectivity index (χ2n) is 3.98. The van der Waals surface area contributed by atoms with Crippen LogP contribution in [0.5, 0.6) is 0 Å². The van der Waals surface area contributed by atoms with Crippen molar-refractivity contribution in [3.8, 4) is 0 Å². The lowest BCUT2D eigenvalue weighted by Crippen LogP contribution is -2.25. The molecule has 5 nitrogen and oxygen atoms in total. The highest BCUT2D eigenvalue weighted by molar-refractivity contribution is 5.94. The topological polar surface area (TPSA) is 65.5 Å². The molecule has 0 unspecified atom stereocenters. The number of nitrogens with zero attached hydrogens (tertiary/aromatic N) is 2. The van der Waals surface area contributed by atoms with Gasteiger partial charge in [-0.1, -0.05) is 6.92 Å². The van der Waals surface area contributed by atoms with Gasteiger partial charge in [-0.15, -0.1) is 0 Å². The van der Waals surface area contributed by atoms with Crippen LogP contribution >= 0.6 is 0 Å². The molecule has 0 saturated heterocycles. The van der Waals surface area contributed by atoms with Crippen LogP contribution in [0.1, 0.15) is 22.8 Å². The number of carboxylic acids is 1. The summed E-state index contributed by atoms with van der Waals surface area (Å²) in [4.78, 5) is 17.3. The van der Waals surface area contributed by atoms with Gasteiger partial charge in [-0.05, 0) is 32.1 Å². The fourth-order valence-electron chi connectivity index (χ4n) is 1.49. The number of pyridine rings is 1. The Morgan fingerprint density at radius 1 is 1.59 bits per heavy atom. The van der Waals surface area contributed by atoms with E-state index in [1.165, 1.54) is 0 Å². The van der Waals surface area contributed by atoms with E-state index in [0.717, 1.165) is 18.7 Å². The minimum Gasteiger partial charge on any atom is -0.478 e. The van der Waals surface area contributed by atoms with Crippen LogP contribution in [-0.4, -0.2) is 47.6 Å². The first kappa shape index (κ1) is 13.4. The third-order valence-corrected chi connectivity index (χ3v) is 2.70. The van der Waals surface area contributed by atoms with Crippen LogP contribution in [0.4, 0.5) is 5.82 Å². The Bertz CT molecular complexity index is 393. The van der Waals surface area contributed by atoms with E-state index in [-0.39, 0.29) is 5.56 Å². The van der Waals surface area contributed by atoms with E-state index in [0.29, 0.717) is 12.4 Å². The number of anilines is 1. The van der Waals surface area contributed by atoms with Crippen molar-refractivity contribution in [3.63, 3.8) is 0 Å². The number of likely N-dealkylation sites (N-methyl/N-ethyl adjacent to an activating group) is 1. The molecular weight excluding hydrogens is 218 g/mol. The number of rotatable bonds is 6. The Hall–Kier alpha value is -1.62. The summed E-state index contributed by atoms with van der Waals surface area (Å²) >= 11 is 0. The molecule has 0 aliphatic carbocycles. The van der Waals surface area contributed by atoms with Gasteiger partial charge in [-0.3, -0.25) is 0 Å². The lowest BCUT2D eigenvalue weighted by atomic mass is 10.1. The maximum atomic E-state index is 11.1. The van der Waals surface area contributed by atoms with Crippen LogP contribution < -0.4 is 5.32 Å². The molecule has 0 fully saturated rings. The predicted octanol–water partition coefficient (Wildman–Crippen LogP) is 1.45. The standard InChI is InChI=1S/C12H19N3O2/c1-4-15(3)8-7-14-11-10(12(16)17)9(2)5-6-13-11/h5-6H,4,7-8H2,1-3H3,(H,13,14)(H,16,17). The van der Waals surface area contributed by atoms with Crippen molar-refractivity contribution in [3.05, 3.63) is 23.4 Å². The van der Waals surface area contributed by atoms with E-state index < -0.39 is 5.97 Å². The molecule has 0 amide bonds. The summed E-state index contributed by atoms with van der Waals surface area (Å²) < 4.78 is 0. The van der Waals surface area contributed by atoms with Crippen molar-refractivity contribution in [1.29, 1.82) is 0 Å². The average Bonchev–Trinajstić information content (AvgIpc) is 2.28. The molecule has 0 saturated carbocycles. The zero-order valence-corrected chi connectivity index (χ0v) is 10.5. The van der Waals surface area contributed by atoms with E-state index in [1.807, 2.05) is 7.05 Å². The number of carboxylic acid groups (broad SMARTS) is 1. The van der Waals surface area contributed by atoms with Gasteiger partial charge in [0.25, 0.3) is 0 Å². The van der Waals surface area contributed by atoms with Gasteiger partial charge >= 0.3 is 5.97 Å². The zero-order valence-electron chi connectivity index (χ0n) is 10.5. The molecule has 5 heteroatoms. The summed E-state index contributed by atoms with van der Waals surface area (Å²) in [7, 11) is 2.02. The molecule has 1 heterocycles. The molecule has 2 N–H and O–H groups in total. The van der Waals surface area contributed by atoms with Gasteiger partial charge in [-0.25, -0.2) is 9.78 Å².